The predicted octanol–water partition coefficient (Wildman–Crippen LogP) is 3.68. The molecule has 1 aromatic carbocycles. The fraction of sp³-hybridized carbons (Fsp3) is 0.294. The summed E-state index contributed by atoms with van der Waals surface area (Å²) >= 11 is 7.37. The van der Waals surface area contributed by atoms with Crippen LogP contribution in [0, 0.1) is 0 Å². The lowest BCUT2D eigenvalue weighted by molar-refractivity contribution is -0.130. The molecule has 1 amide bonds. The molecule has 1 atom stereocenters. The van der Waals surface area contributed by atoms with Gasteiger partial charge in [0.25, 0.3) is 5.91 Å². The molecule has 24 heavy (non-hydrogen) atoms. The Balaban J connectivity index is 1.96. The third-order valence-corrected chi connectivity index (χ3v) is 5.03. The van der Waals surface area contributed by atoms with Crippen LogP contribution in [0.4, 0.5) is 0 Å². The Kier molecular flexibility index (Phi) is 5.06. The van der Waals surface area contributed by atoms with E-state index in [4.69, 9.17) is 21.1 Å². The third-order valence-electron chi connectivity index (χ3n) is 3.88. The van der Waals surface area contributed by atoms with Gasteiger partial charge in [-0.15, -0.1) is 22.9 Å². The van der Waals surface area contributed by atoms with Crippen LogP contribution in [0.15, 0.2) is 40.8 Å². The van der Waals surface area contributed by atoms with Crippen molar-refractivity contribution in [1.29, 1.82) is 0 Å². The minimum Gasteiger partial charge on any atom is -0.493 e. The van der Waals surface area contributed by atoms with Gasteiger partial charge in [0, 0.05) is 6.42 Å². The van der Waals surface area contributed by atoms with Crippen LogP contribution >= 0.6 is 22.9 Å². The topological polar surface area (TPSA) is 51.1 Å². The minimum absolute atomic E-state index is 0.106. The average molecular weight is 365 g/mol. The fourth-order valence-electron chi connectivity index (χ4n) is 2.71. The summed E-state index contributed by atoms with van der Waals surface area (Å²) in [5.41, 5.74) is 1.82. The molecule has 0 bridgehead atoms. The number of alkyl halides is 1. The molecule has 1 aliphatic heterocycles. The van der Waals surface area contributed by atoms with Gasteiger partial charge in [0.2, 0.25) is 0 Å². The number of halogens is 1. The van der Waals surface area contributed by atoms with Crippen molar-refractivity contribution in [3.8, 4) is 11.5 Å². The maximum absolute atomic E-state index is 12.2. The first-order valence-corrected chi connectivity index (χ1v) is 8.80. The first kappa shape index (κ1) is 16.8. The molecule has 1 aliphatic rings. The molecule has 5 nitrogen and oxygen atoms in total. The van der Waals surface area contributed by atoms with Gasteiger partial charge in [0.15, 0.2) is 11.5 Å². The van der Waals surface area contributed by atoms with E-state index in [2.05, 4.69) is 5.10 Å². The molecule has 2 aromatic rings. The van der Waals surface area contributed by atoms with Gasteiger partial charge in [-0.3, -0.25) is 4.79 Å². The van der Waals surface area contributed by atoms with Crippen molar-refractivity contribution in [3.63, 3.8) is 0 Å². The molecule has 3 rings (SSSR count). The summed E-state index contributed by atoms with van der Waals surface area (Å²) in [4.78, 5) is 13.3. The van der Waals surface area contributed by atoms with E-state index in [1.54, 1.807) is 25.6 Å². The molecule has 0 spiro atoms. The number of carbonyl (C=O) groups is 1. The largest absolute Gasteiger partial charge is 0.493 e. The average Bonchev–Trinajstić information content (AvgIpc) is 3.29. The Bertz CT molecular complexity index is 761. The van der Waals surface area contributed by atoms with Crippen LogP contribution in [-0.4, -0.2) is 36.7 Å². The Hall–Kier alpha value is -2.05. The number of rotatable bonds is 5. The Labute approximate surface area is 149 Å². The Morgan fingerprint density at radius 2 is 2.12 bits per heavy atom. The third kappa shape index (κ3) is 3.12. The summed E-state index contributed by atoms with van der Waals surface area (Å²) in [6.45, 7) is 0. The lowest BCUT2D eigenvalue weighted by Crippen LogP contribution is -2.28. The highest BCUT2D eigenvalue weighted by molar-refractivity contribution is 7.12. The maximum atomic E-state index is 12.2. The van der Waals surface area contributed by atoms with E-state index in [1.165, 1.54) is 5.01 Å². The lowest BCUT2D eigenvalue weighted by atomic mass is 10.0. The van der Waals surface area contributed by atoms with Crippen LogP contribution in [0.5, 0.6) is 11.5 Å². The van der Waals surface area contributed by atoms with Crippen LogP contribution in [0.1, 0.15) is 22.9 Å². The van der Waals surface area contributed by atoms with Gasteiger partial charge >= 0.3 is 0 Å². The Morgan fingerprint density at radius 1 is 1.33 bits per heavy atom. The normalized spacial score (nSPS) is 16.9. The number of ether oxygens (including phenoxy) is 2. The molecule has 126 valence electrons. The second kappa shape index (κ2) is 7.23. The first-order chi connectivity index (χ1) is 11.7. The standard InChI is InChI=1S/C17H17ClN2O3S/c1-22-14-6-5-11(8-15(14)23-2)13-9-12(16-4-3-7-24-16)19-20(13)17(21)10-18/h3-8,13H,9-10H2,1-2H3/t13-/m1/s1. The number of benzene rings is 1. The lowest BCUT2D eigenvalue weighted by Gasteiger charge is -2.22. The number of nitrogens with zero attached hydrogens (tertiary/aromatic N) is 2. The van der Waals surface area contributed by atoms with Crippen molar-refractivity contribution < 1.29 is 14.3 Å². The van der Waals surface area contributed by atoms with Crippen molar-refractivity contribution in [2.45, 2.75) is 12.5 Å². The number of methoxy groups -OCH3 is 2. The summed E-state index contributed by atoms with van der Waals surface area (Å²) in [6.07, 6.45) is 0.638. The van der Waals surface area contributed by atoms with E-state index in [9.17, 15) is 4.79 Å². The van der Waals surface area contributed by atoms with Gasteiger partial charge in [-0.2, -0.15) is 5.10 Å². The first-order valence-electron chi connectivity index (χ1n) is 7.39. The second-order valence-corrected chi connectivity index (χ2v) is 6.45. The summed E-state index contributed by atoms with van der Waals surface area (Å²) in [6, 6.07) is 9.41. The molecule has 1 aromatic heterocycles. The van der Waals surface area contributed by atoms with Crippen molar-refractivity contribution in [2.75, 3.05) is 20.1 Å². The molecule has 2 heterocycles. The fourth-order valence-corrected chi connectivity index (χ4v) is 3.56. The molecular formula is C17H17ClN2O3S. The predicted molar refractivity (Wildman–Crippen MR) is 95.3 cm³/mol. The zero-order valence-corrected chi connectivity index (χ0v) is 14.9. The highest BCUT2D eigenvalue weighted by atomic mass is 35.5. The van der Waals surface area contributed by atoms with Gasteiger partial charge < -0.3 is 9.47 Å². The summed E-state index contributed by atoms with van der Waals surface area (Å²) in [7, 11) is 3.18. The number of amides is 1. The molecule has 0 aliphatic carbocycles. The number of thiophene rings is 1. The highest BCUT2D eigenvalue weighted by Gasteiger charge is 2.33. The highest BCUT2D eigenvalue weighted by Crippen LogP contribution is 2.37. The van der Waals surface area contributed by atoms with E-state index < -0.39 is 0 Å². The number of carbonyl (C=O) groups excluding carboxylic acids is 1. The summed E-state index contributed by atoms with van der Waals surface area (Å²) < 4.78 is 10.6. The quantitative estimate of drug-likeness (QED) is 0.760. The van der Waals surface area contributed by atoms with Crippen LogP contribution in [0.3, 0.4) is 0 Å². The van der Waals surface area contributed by atoms with E-state index in [0.29, 0.717) is 17.9 Å². The van der Waals surface area contributed by atoms with E-state index in [0.717, 1.165) is 16.2 Å². The second-order valence-electron chi connectivity index (χ2n) is 5.23. The SMILES string of the molecule is COc1ccc([C@H]2CC(c3cccs3)=NN2C(=O)CCl)cc1OC. The maximum Gasteiger partial charge on any atom is 0.258 e. The molecule has 0 N–H and O–H groups in total. The molecule has 0 saturated heterocycles. The van der Waals surface area contributed by atoms with Crippen molar-refractivity contribution in [1.82, 2.24) is 5.01 Å². The van der Waals surface area contributed by atoms with E-state index in [-0.39, 0.29) is 17.8 Å². The van der Waals surface area contributed by atoms with Gasteiger partial charge in [0.05, 0.1) is 30.9 Å². The van der Waals surface area contributed by atoms with Gasteiger partial charge in [-0.1, -0.05) is 12.1 Å². The smallest absolute Gasteiger partial charge is 0.258 e. The van der Waals surface area contributed by atoms with Gasteiger partial charge in [-0.05, 0) is 29.1 Å². The van der Waals surface area contributed by atoms with E-state index >= 15 is 0 Å². The van der Waals surface area contributed by atoms with Gasteiger partial charge in [-0.25, -0.2) is 5.01 Å². The molecule has 0 unspecified atom stereocenters. The summed E-state index contributed by atoms with van der Waals surface area (Å²) in [5, 5.41) is 7.98. The molecule has 0 fully saturated rings. The van der Waals surface area contributed by atoms with Crippen molar-refractivity contribution in [2.24, 2.45) is 5.10 Å². The zero-order chi connectivity index (χ0) is 17.1. The van der Waals surface area contributed by atoms with Crippen LogP contribution in [-0.2, 0) is 4.79 Å². The zero-order valence-electron chi connectivity index (χ0n) is 13.4. The molecule has 0 saturated carbocycles. The van der Waals surface area contributed by atoms with E-state index in [1.807, 2.05) is 35.7 Å². The molecule has 7 heteroatoms. The van der Waals surface area contributed by atoms with Crippen LogP contribution in [0.2, 0.25) is 0 Å². The van der Waals surface area contributed by atoms with Crippen LogP contribution < -0.4 is 9.47 Å². The Morgan fingerprint density at radius 3 is 2.75 bits per heavy atom. The van der Waals surface area contributed by atoms with Gasteiger partial charge in [0.1, 0.15) is 5.88 Å². The number of hydrogen-bond donors (Lipinski definition) is 0. The van der Waals surface area contributed by atoms with Crippen molar-refractivity contribution >= 4 is 34.6 Å². The van der Waals surface area contributed by atoms with Crippen molar-refractivity contribution in [3.05, 3.63) is 46.2 Å². The molecule has 0 radical (unpaired) electrons. The summed E-state index contributed by atoms with van der Waals surface area (Å²) in [5.74, 6) is 0.945. The number of hydrazone groups is 1. The minimum atomic E-state index is -0.219. The number of hydrogen-bond acceptors (Lipinski definition) is 5. The molecular weight excluding hydrogens is 348 g/mol. The monoisotopic (exact) mass is 364 g/mol. The van der Waals surface area contributed by atoms with Crippen LogP contribution in [0.25, 0.3) is 0 Å².